The summed E-state index contributed by atoms with van der Waals surface area (Å²) >= 11 is 13.0. The highest BCUT2D eigenvalue weighted by Crippen LogP contribution is 2.29. The number of hydrogen-bond acceptors (Lipinski definition) is 5. The summed E-state index contributed by atoms with van der Waals surface area (Å²) < 4.78 is 53.3. The highest BCUT2D eigenvalue weighted by molar-refractivity contribution is 7.91. The van der Waals surface area contributed by atoms with Crippen LogP contribution in [0.5, 0.6) is 0 Å². The normalized spacial score (nSPS) is 17.7. The monoisotopic (exact) mass is 440 g/mol. The fourth-order valence-corrected chi connectivity index (χ4v) is 7.23. The molecular weight excluding hydrogens is 427 g/mol. The van der Waals surface area contributed by atoms with Gasteiger partial charge in [-0.1, -0.05) is 29.3 Å². The van der Waals surface area contributed by atoms with Gasteiger partial charge in [-0.3, -0.25) is 0 Å². The molecule has 1 aliphatic heterocycles. The number of hydrogen-bond donors (Lipinski definition) is 0. The number of thiophene rings is 1. The first-order valence-corrected chi connectivity index (χ1v) is 11.7. The van der Waals surface area contributed by atoms with Crippen LogP contribution in [-0.2, 0) is 20.0 Å². The summed E-state index contributed by atoms with van der Waals surface area (Å²) in [6, 6.07) is 7.44. The first-order chi connectivity index (χ1) is 11.7. The Kier molecular flexibility index (Phi) is 5.46. The Morgan fingerprint density at radius 3 is 2.04 bits per heavy atom. The highest BCUT2D eigenvalue weighted by atomic mass is 35.5. The number of halogens is 2. The maximum Gasteiger partial charge on any atom is 0.252 e. The van der Waals surface area contributed by atoms with E-state index in [0.717, 1.165) is 11.3 Å². The van der Waals surface area contributed by atoms with Crippen molar-refractivity contribution >= 4 is 54.6 Å². The summed E-state index contributed by atoms with van der Waals surface area (Å²) in [4.78, 5) is -0.0729. The van der Waals surface area contributed by atoms with Gasteiger partial charge in [-0.15, -0.1) is 11.3 Å². The van der Waals surface area contributed by atoms with E-state index in [9.17, 15) is 16.8 Å². The molecule has 0 radical (unpaired) electrons. The fraction of sp³-hybridized carbons (Fsp3) is 0.286. The second kappa shape index (κ2) is 7.15. The first-order valence-electron chi connectivity index (χ1n) is 7.22. The fourth-order valence-electron chi connectivity index (χ4n) is 2.50. The number of rotatable bonds is 4. The zero-order chi connectivity index (χ0) is 18.2. The van der Waals surface area contributed by atoms with Crippen LogP contribution >= 0.6 is 34.5 Å². The quantitative estimate of drug-likeness (QED) is 0.732. The predicted molar refractivity (Wildman–Crippen MR) is 98.3 cm³/mol. The molecule has 0 amide bonds. The first kappa shape index (κ1) is 19.1. The van der Waals surface area contributed by atoms with Crippen molar-refractivity contribution in [3.8, 4) is 0 Å². The molecule has 1 aliphatic rings. The van der Waals surface area contributed by atoms with Gasteiger partial charge in [0.25, 0.3) is 10.0 Å². The average Bonchev–Trinajstić information content (AvgIpc) is 3.12. The second-order valence-electron chi connectivity index (χ2n) is 5.32. The molecule has 1 aromatic heterocycles. The van der Waals surface area contributed by atoms with Crippen molar-refractivity contribution < 1.29 is 16.8 Å². The summed E-state index contributed by atoms with van der Waals surface area (Å²) in [5.41, 5.74) is 0. The summed E-state index contributed by atoms with van der Waals surface area (Å²) in [5, 5.41) is 2.04. The van der Waals surface area contributed by atoms with Gasteiger partial charge in [0.2, 0.25) is 10.0 Å². The highest BCUT2D eigenvalue weighted by Gasteiger charge is 2.35. The number of sulfonamides is 2. The summed E-state index contributed by atoms with van der Waals surface area (Å²) in [6.45, 7) is 0.265. The van der Waals surface area contributed by atoms with Crippen LogP contribution in [-0.4, -0.2) is 51.6 Å². The molecule has 25 heavy (non-hydrogen) atoms. The molecule has 0 saturated carbocycles. The SMILES string of the molecule is O=S(=O)(c1cccs1)N1CCN(S(=O)(=O)c2cc(Cl)ccc2Cl)CC1. The molecule has 1 aromatic carbocycles. The molecule has 3 rings (SSSR count). The summed E-state index contributed by atoms with van der Waals surface area (Å²) in [7, 11) is -7.42. The van der Waals surface area contributed by atoms with E-state index in [-0.39, 0.29) is 45.3 Å². The standard InChI is InChI=1S/C14H14Cl2N2O4S3/c15-11-3-4-12(16)13(10-11)24(19,20)17-5-7-18(8-6-17)25(21,22)14-2-1-9-23-14/h1-4,9-10H,5-8H2. The lowest BCUT2D eigenvalue weighted by Crippen LogP contribution is -2.50. The van der Waals surface area contributed by atoms with Gasteiger partial charge >= 0.3 is 0 Å². The minimum absolute atomic E-state index is 0.0514. The van der Waals surface area contributed by atoms with Crippen LogP contribution in [0.1, 0.15) is 0 Å². The van der Waals surface area contributed by atoms with E-state index in [1.807, 2.05) is 0 Å². The molecule has 1 saturated heterocycles. The van der Waals surface area contributed by atoms with Gasteiger partial charge in [-0.25, -0.2) is 16.8 Å². The van der Waals surface area contributed by atoms with Gasteiger partial charge in [0.1, 0.15) is 9.10 Å². The lowest BCUT2D eigenvalue weighted by atomic mass is 10.4. The van der Waals surface area contributed by atoms with Crippen LogP contribution in [0.2, 0.25) is 10.0 Å². The minimum Gasteiger partial charge on any atom is -0.207 e. The molecule has 1 fully saturated rings. The maximum absolute atomic E-state index is 12.8. The lowest BCUT2D eigenvalue weighted by molar-refractivity contribution is 0.273. The van der Waals surface area contributed by atoms with Gasteiger partial charge in [0, 0.05) is 31.2 Å². The van der Waals surface area contributed by atoms with E-state index in [4.69, 9.17) is 23.2 Å². The third-order valence-corrected chi connectivity index (χ3v) is 9.68. The molecule has 0 unspecified atom stereocenters. The number of nitrogens with zero attached hydrogens (tertiary/aromatic N) is 2. The van der Waals surface area contributed by atoms with Crippen LogP contribution in [0.25, 0.3) is 0 Å². The second-order valence-corrected chi connectivity index (χ2v) is 11.2. The van der Waals surface area contributed by atoms with Crippen molar-refractivity contribution in [3.05, 3.63) is 45.8 Å². The predicted octanol–water partition coefficient (Wildman–Crippen LogP) is 2.75. The van der Waals surface area contributed by atoms with Gasteiger partial charge in [0.05, 0.1) is 5.02 Å². The Labute approximate surface area is 160 Å². The third-order valence-electron chi connectivity index (χ3n) is 3.80. The maximum atomic E-state index is 12.8. The summed E-state index contributed by atoms with van der Waals surface area (Å²) in [5.74, 6) is 0. The molecule has 136 valence electrons. The van der Waals surface area contributed by atoms with Crippen molar-refractivity contribution in [2.45, 2.75) is 9.10 Å². The topological polar surface area (TPSA) is 74.8 Å². The number of benzene rings is 1. The number of piperazine rings is 1. The van der Waals surface area contributed by atoms with Crippen LogP contribution in [0.15, 0.2) is 44.8 Å². The van der Waals surface area contributed by atoms with Crippen molar-refractivity contribution in [2.75, 3.05) is 26.2 Å². The largest absolute Gasteiger partial charge is 0.252 e. The molecule has 0 N–H and O–H groups in total. The van der Waals surface area contributed by atoms with Gasteiger partial charge < -0.3 is 0 Å². The Bertz CT molecular complexity index is 968. The van der Waals surface area contributed by atoms with Gasteiger partial charge in [0.15, 0.2) is 0 Å². The molecular formula is C14H14Cl2N2O4S3. The molecule has 0 bridgehead atoms. The van der Waals surface area contributed by atoms with Crippen LogP contribution < -0.4 is 0 Å². The molecule has 0 atom stereocenters. The molecule has 2 aromatic rings. The zero-order valence-electron chi connectivity index (χ0n) is 12.8. The van der Waals surface area contributed by atoms with Crippen molar-refractivity contribution in [1.29, 1.82) is 0 Å². The van der Waals surface area contributed by atoms with E-state index in [1.54, 1.807) is 11.4 Å². The molecule has 0 aliphatic carbocycles. The molecule has 6 nitrogen and oxygen atoms in total. The third kappa shape index (κ3) is 3.73. The van der Waals surface area contributed by atoms with Crippen molar-refractivity contribution in [2.24, 2.45) is 0 Å². The van der Waals surface area contributed by atoms with Gasteiger partial charge in [-0.05, 0) is 29.6 Å². The van der Waals surface area contributed by atoms with Crippen LogP contribution in [0.4, 0.5) is 0 Å². The van der Waals surface area contributed by atoms with Crippen molar-refractivity contribution in [3.63, 3.8) is 0 Å². The molecule has 0 spiro atoms. The van der Waals surface area contributed by atoms with Gasteiger partial charge in [-0.2, -0.15) is 8.61 Å². The lowest BCUT2D eigenvalue weighted by Gasteiger charge is -2.33. The Balaban J connectivity index is 1.79. The Morgan fingerprint density at radius 2 is 1.48 bits per heavy atom. The average molecular weight is 441 g/mol. The van der Waals surface area contributed by atoms with E-state index in [1.165, 1.54) is 32.9 Å². The van der Waals surface area contributed by atoms with E-state index in [0.29, 0.717) is 0 Å². The molecule has 11 heteroatoms. The Hall–Kier alpha value is -0.680. The Morgan fingerprint density at radius 1 is 0.880 bits per heavy atom. The smallest absolute Gasteiger partial charge is 0.207 e. The zero-order valence-corrected chi connectivity index (χ0v) is 16.8. The van der Waals surface area contributed by atoms with E-state index in [2.05, 4.69) is 0 Å². The van der Waals surface area contributed by atoms with E-state index < -0.39 is 20.0 Å². The van der Waals surface area contributed by atoms with Crippen LogP contribution in [0, 0.1) is 0 Å². The van der Waals surface area contributed by atoms with Crippen molar-refractivity contribution in [1.82, 2.24) is 8.61 Å². The van der Waals surface area contributed by atoms with Crippen LogP contribution in [0.3, 0.4) is 0 Å². The minimum atomic E-state index is -3.84. The van der Waals surface area contributed by atoms with E-state index >= 15 is 0 Å². The summed E-state index contributed by atoms with van der Waals surface area (Å²) in [6.07, 6.45) is 0. The molecule has 2 heterocycles.